The molecular formula is C24H22BrN3O5S2. The molecule has 1 unspecified atom stereocenters. The van der Waals surface area contributed by atoms with Crippen molar-refractivity contribution in [3.05, 3.63) is 87.7 Å². The molecule has 1 aliphatic heterocycles. The van der Waals surface area contributed by atoms with Gasteiger partial charge in [0.2, 0.25) is 17.7 Å². The van der Waals surface area contributed by atoms with E-state index in [2.05, 4.69) is 20.7 Å². The van der Waals surface area contributed by atoms with Crippen molar-refractivity contribution >= 4 is 55.0 Å². The van der Waals surface area contributed by atoms with Crippen LogP contribution in [-0.2, 0) is 30.8 Å². The van der Waals surface area contributed by atoms with Crippen LogP contribution < -0.4 is 4.72 Å². The molecule has 1 aromatic heterocycles. The monoisotopic (exact) mass is 575 g/mol. The van der Waals surface area contributed by atoms with Gasteiger partial charge in [0, 0.05) is 6.54 Å². The van der Waals surface area contributed by atoms with Gasteiger partial charge in [0.15, 0.2) is 0 Å². The molecule has 0 spiro atoms. The van der Waals surface area contributed by atoms with Crippen LogP contribution in [0.4, 0.5) is 0 Å². The van der Waals surface area contributed by atoms with E-state index >= 15 is 0 Å². The normalized spacial score (nSPS) is 15.3. The van der Waals surface area contributed by atoms with E-state index in [-0.39, 0.29) is 23.8 Å². The maximum Gasteiger partial charge on any atom is 0.251 e. The van der Waals surface area contributed by atoms with Gasteiger partial charge in [-0.25, -0.2) is 8.42 Å². The van der Waals surface area contributed by atoms with Crippen molar-refractivity contribution < 1.29 is 22.8 Å². The average Bonchev–Trinajstić information content (AvgIpc) is 3.30. The third kappa shape index (κ3) is 6.04. The molecule has 1 saturated heterocycles. The smallest absolute Gasteiger partial charge is 0.251 e. The van der Waals surface area contributed by atoms with E-state index in [0.717, 1.165) is 26.7 Å². The number of amides is 3. The molecule has 0 saturated carbocycles. The number of carbonyl (C=O) groups excluding carboxylic acids is 3. The molecule has 0 bridgehead atoms. The molecule has 11 heteroatoms. The van der Waals surface area contributed by atoms with Crippen molar-refractivity contribution in [1.29, 1.82) is 0 Å². The Hall–Kier alpha value is -2.86. The number of hydrogen-bond acceptors (Lipinski definition) is 6. The molecule has 0 radical (unpaired) electrons. The second-order valence-corrected chi connectivity index (χ2v) is 12.3. The van der Waals surface area contributed by atoms with E-state index in [1.54, 1.807) is 36.4 Å². The molecule has 3 amide bonds. The summed E-state index contributed by atoms with van der Waals surface area (Å²) in [5.74, 6) is -1.66. The van der Waals surface area contributed by atoms with Gasteiger partial charge >= 0.3 is 0 Å². The lowest BCUT2D eigenvalue weighted by Crippen LogP contribution is -2.57. The fraction of sp³-hybridized carbons (Fsp3) is 0.208. The van der Waals surface area contributed by atoms with Gasteiger partial charge in [0.1, 0.15) is 23.3 Å². The van der Waals surface area contributed by atoms with Gasteiger partial charge in [0.25, 0.3) is 10.0 Å². The molecule has 4 rings (SSSR count). The maximum absolute atomic E-state index is 13.5. The SMILES string of the molecule is O=C(C(NS(=O)(=O)c1ccc(Br)s1)c1ccccc1)N1CC(=O)N(CCc2ccccc2)C(=O)C1. The molecule has 1 N–H and O–H groups in total. The van der Waals surface area contributed by atoms with E-state index < -0.39 is 33.8 Å². The zero-order chi connectivity index (χ0) is 25.0. The Morgan fingerprint density at radius 3 is 2.11 bits per heavy atom. The lowest BCUT2D eigenvalue weighted by molar-refractivity contribution is -0.157. The first-order valence-electron chi connectivity index (χ1n) is 10.7. The number of hydrogen-bond donors (Lipinski definition) is 1. The van der Waals surface area contributed by atoms with Crippen molar-refractivity contribution in [2.75, 3.05) is 19.6 Å². The third-order valence-electron chi connectivity index (χ3n) is 5.50. The molecule has 35 heavy (non-hydrogen) atoms. The predicted octanol–water partition coefficient (Wildman–Crippen LogP) is 2.97. The number of rotatable bonds is 8. The van der Waals surface area contributed by atoms with Crippen molar-refractivity contribution in [1.82, 2.24) is 14.5 Å². The minimum Gasteiger partial charge on any atom is -0.322 e. The summed E-state index contributed by atoms with van der Waals surface area (Å²) >= 11 is 4.26. The second kappa shape index (κ2) is 10.8. The first-order valence-corrected chi connectivity index (χ1v) is 13.8. The molecule has 1 atom stereocenters. The zero-order valence-electron chi connectivity index (χ0n) is 18.5. The molecule has 1 aliphatic rings. The Bertz CT molecular complexity index is 1310. The van der Waals surface area contributed by atoms with E-state index in [4.69, 9.17) is 0 Å². The molecule has 8 nitrogen and oxygen atoms in total. The van der Waals surface area contributed by atoms with Crippen LogP contribution in [0.3, 0.4) is 0 Å². The number of nitrogens with one attached hydrogen (secondary N) is 1. The Morgan fingerprint density at radius 2 is 1.54 bits per heavy atom. The Labute approximate surface area is 215 Å². The quantitative estimate of drug-likeness (QED) is 0.416. The van der Waals surface area contributed by atoms with Crippen molar-refractivity contribution in [2.24, 2.45) is 0 Å². The summed E-state index contributed by atoms with van der Waals surface area (Å²) in [6.45, 7) is -0.407. The average molecular weight is 576 g/mol. The largest absolute Gasteiger partial charge is 0.322 e. The number of sulfonamides is 1. The standard InChI is InChI=1S/C24H22BrN3O5S2/c25-19-11-12-22(34-19)35(32,33)26-23(18-9-5-2-6-10-18)24(31)27-15-20(29)28(21(30)16-27)14-13-17-7-3-1-4-8-17/h1-12,23,26H,13-16H2. The highest BCUT2D eigenvalue weighted by atomic mass is 79.9. The fourth-order valence-corrected chi connectivity index (χ4v) is 6.93. The minimum atomic E-state index is -4.04. The zero-order valence-corrected chi connectivity index (χ0v) is 21.7. The number of nitrogens with zero attached hydrogens (tertiary/aromatic N) is 2. The molecule has 0 aliphatic carbocycles. The van der Waals surface area contributed by atoms with Gasteiger partial charge in [-0.05, 0) is 45.6 Å². The molecule has 3 aromatic rings. The highest BCUT2D eigenvalue weighted by Gasteiger charge is 2.38. The fourth-order valence-electron chi connectivity index (χ4n) is 3.73. The summed E-state index contributed by atoms with van der Waals surface area (Å²) in [7, 11) is -4.04. The van der Waals surface area contributed by atoms with Gasteiger partial charge in [0.05, 0.1) is 3.79 Å². The third-order valence-corrected chi connectivity index (χ3v) is 9.04. The van der Waals surface area contributed by atoms with Crippen LogP contribution >= 0.6 is 27.3 Å². The maximum atomic E-state index is 13.5. The van der Waals surface area contributed by atoms with Gasteiger partial charge in [-0.15, -0.1) is 11.3 Å². The van der Waals surface area contributed by atoms with Crippen LogP contribution in [0.2, 0.25) is 0 Å². The number of halogens is 1. The van der Waals surface area contributed by atoms with E-state index in [9.17, 15) is 22.8 Å². The Morgan fingerprint density at radius 1 is 0.943 bits per heavy atom. The second-order valence-electron chi connectivity index (χ2n) is 7.89. The highest BCUT2D eigenvalue weighted by molar-refractivity contribution is 9.11. The van der Waals surface area contributed by atoms with Crippen molar-refractivity contribution in [3.63, 3.8) is 0 Å². The molecule has 182 valence electrons. The van der Waals surface area contributed by atoms with E-state index in [1.165, 1.54) is 6.07 Å². The van der Waals surface area contributed by atoms with Crippen LogP contribution in [0.15, 0.2) is 80.8 Å². The van der Waals surface area contributed by atoms with E-state index in [1.807, 2.05) is 30.3 Å². The number of carbonyl (C=O) groups is 3. The predicted molar refractivity (Wildman–Crippen MR) is 135 cm³/mol. The van der Waals surface area contributed by atoms with Crippen molar-refractivity contribution in [2.45, 2.75) is 16.7 Å². The molecule has 2 heterocycles. The van der Waals surface area contributed by atoms with Crippen LogP contribution in [0.5, 0.6) is 0 Å². The Kier molecular flexibility index (Phi) is 7.80. The lowest BCUT2D eigenvalue weighted by Gasteiger charge is -2.34. The van der Waals surface area contributed by atoms with Crippen LogP contribution in [0.1, 0.15) is 17.2 Å². The van der Waals surface area contributed by atoms with Gasteiger partial charge < -0.3 is 4.90 Å². The van der Waals surface area contributed by atoms with Crippen LogP contribution in [-0.4, -0.2) is 55.6 Å². The van der Waals surface area contributed by atoms with Gasteiger partial charge in [-0.3, -0.25) is 19.3 Å². The van der Waals surface area contributed by atoms with Crippen molar-refractivity contribution in [3.8, 4) is 0 Å². The summed E-state index contributed by atoms with van der Waals surface area (Å²) < 4.78 is 29.1. The number of imide groups is 1. The molecule has 1 fully saturated rings. The van der Waals surface area contributed by atoms with E-state index in [0.29, 0.717) is 15.8 Å². The van der Waals surface area contributed by atoms with Crippen LogP contribution in [0, 0.1) is 0 Å². The summed E-state index contributed by atoms with van der Waals surface area (Å²) in [6.07, 6.45) is 0.509. The topological polar surface area (TPSA) is 104 Å². The first-order chi connectivity index (χ1) is 16.7. The van der Waals surface area contributed by atoms with Gasteiger partial charge in [-0.2, -0.15) is 4.72 Å². The van der Waals surface area contributed by atoms with Gasteiger partial charge in [-0.1, -0.05) is 60.7 Å². The summed E-state index contributed by atoms with van der Waals surface area (Å²) in [6, 6.07) is 19.6. The number of thiophene rings is 1. The summed E-state index contributed by atoms with van der Waals surface area (Å²) in [5.41, 5.74) is 1.40. The number of benzene rings is 2. The number of piperazine rings is 1. The lowest BCUT2D eigenvalue weighted by atomic mass is 10.1. The first kappa shape index (κ1) is 25.2. The highest BCUT2D eigenvalue weighted by Crippen LogP contribution is 2.28. The molecular weight excluding hydrogens is 554 g/mol. The molecule has 2 aromatic carbocycles. The minimum absolute atomic E-state index is 0.0380. The Balaban J connectivity index is 1.51. The summed E-state index contributed by atoms with van der Waals surface area (Å²) in [5, 5.41) is 0. The summed E-state index contributed by atoms with van der Waals surface area (Å²) in [4.78, 5) is 41.3. The van der Waals surface area contributed by atoms with Crippen LogP contribution in [0.25, 0.3) is 0 Å².